The molecular formula is C23H36. The standard InChI is InChI=1S/C16H24.C7H12/c1-6-12-7-8-13-14(11-12)16(4,5)10-9-15(13,2)3;1-4-6-7(3)5-2/h7-8,11H,6,9-10H2,1-5H3;4-6H,1-3H3/b;6-4+,7-5-. The molecule has 1 aliphatic rings. The summed E-state index contributed by atoms with van der Waals surface area (Å²) in [5.74, 6) is 0. The number of rotatable bonds is 2. The van der Waals surface area contributed by atoms with Gasteiger partial charge in [0.05, 0.1) is 0 Å². The highest BCUT2D eigenvalue weighted by Crippen LogP contribution is 2.45. The smallest absolute Gasteiger partial charge is 0.0100 e. The number of hydrogen-bond acceptors (Lipinski definition) is 0. The lowest BCUT2D eigenvalue weighted by molar-refractivity contribution is 0.331. The fourth-order valence-corrected chi connectivity index (χ4v) is 3.21. The van der Waals surface area contributed by atoms with Gasteiger partial charge in [-0.3, -0.25) is 0 Å². The van der Waals surface area contributed by atoms with E-state index in [0.29, 0.717) is 10.8 Å². The summed E-state index contributed by atoms with van der Waals surface area (Å²) >= 11 is 0. The molecule has 0 radical (unpaired) electrons. The first kappa shape index (κ1) is 19.7. The molecule has 0 aliphatic heterocycles. The second-order valence-corrected chi connectivity index (χ2v) is 8.03. The van der Waals surface area contributed by atoms with E-state index in [4.69, 9.17) is 0 Å². The van der Waals surface area contributed by atoms with Crippen LogP contribution in [0, 0.1) is 0 Å². The van der Waals surface area contributed by atoms with E-state index >= 15 is 0 Å². The van der Waals surface area contributed by atoms with E-state index in [1.807, 2.05) is 19.9 Å². The van der Waals surface area contributed by atoms with Gasteiger partial charge in [-0.2, -0.15) is 0 Å². The summed E-state index contributed by atoms with van der Waals surface area (Å²) in [6, 6.07) is 7.12. The molecule has 0 N–H and O–H groups in total. The molecule has 0 nitrogen and oxygen atoms in total. The molecule has 0 heteroatoms. The molecule has 128 valence electrons. The first-order chi connectivity index (χ1) is 10.7. The first-order valence-corrected chi connectivity index (χ1v) is 9.07. The predicted octanol–water partition coefficient (Wildman–Crippen LogP) is 7.13. The van der Waals surface area contributed by atoms with Crippen molar-refractivity contribution < 1.29 is 0 Å². The largest absolute Gasteiger partial charge is 0.0874 e. The zero-order valence-electron chi connectivity index (χ0n) is 16.6. The number of benzene rings is 1. The van der Waals surface area contributed by atoms with Crippen molar-refractivity contribution in [2.75, 3.05) is 0 Å². The molecule has 1 aromatic carbocycles. The molecule has 23 heavy (non-hydrogen) atoms. The molecule has 0 saturated heterocycles. The van der Waals surface area contributed by atoms with Crippen LogP contribution < -0.4 is 0 Å². The van der Waals surface area contributed by atoms with Crippen LogP contribution in [0.4, 0.5) is 0 Å². The Balaban J connectivity index is 0.000000322. The summed E-state index contributed by atoms with van der Waals surface area (Å²) < 4.78 is 0. The number of aryl methyl sites for hydroxylation is 1. The number of fused-ring (bicyclic) bond motifs is 1. The normalized spacial score (nSPS) is 19.0. The average Bonchev–Trinajstić information content (AvgIpc) is 2.52. The van der Waals surface area contributed by atoms with E-state index in [9.17, 15) is 0 Å². The van der Waals surface area contributed by atoms with Crippen molar-refractivity contribution in [3.63, 3.8) is 0 Å². The summed E-state index contributed by atoms with van der Waals surface area (Å²) in [6.07, 6.45) is 9.96. The van der Waals surface area contributed by atoms with Gasteiger partial charge in [0.25, 0.3) is 0 Å². The lowest BCUT2D eigenvalue weighted by atomic mass is 9.63. The van der Waals surface area contributed by atoms with Crippen LogP contribution >= 0.6 is 0 Å². The first-order valence-electron chi connectivity index (χ1n) is 9.07. The topological polar surface area (TPSA) is 0 Å². The highest BCUT2D eigenvalue weighted by molar-refractivity contribution is 5.43. The minimum atomic E-state index is 0.357. The maximum absolute atomic E-state index is 2.44. The van der Waals surface area contributed by atoms with E-state index in [-0.39, 0.29) is 0 Å². The Morgan fingerprint density at radius 1 is 1.00 bits per heavy atom. The lowest BCUT2D eigenvalue weighted by Gasteiger charge is -2.42. The third kappa shape index (κ3) is 5.09. The summed E-state index contributed by atoms with van der Waals surface area (Å²) in [4.78, 5) is 0. The van der Waals surface area contributed by atoms with Crippen LogP contribution in [0.25, 0.3) is 0 Å². The van der Waals surface area contributed by atoms with Gasteiger partial charge >= 0.3 is 0 Å². The van der Waals surface area contributed by atoms with Crippen molar-refractivity contribution in [3.8, 4) is 0 Å². The maximum atomic E-state index is 2.44. The van der Waals surface area contributed by atoms with E-state index in [0.717, 1.165) is 6.42 Å². The fourth-order valence-electron chi connectivity index (χ4n) is 3.21. The average molecular weight is 313 g/mol. The van der Waals surface area contributed by atoms with Crippen LogP contribution in [-0.4, -0.2) is 0 Å². The molecule has 1 aromatic rings. The van der Waals surface area contributed by atoms with Gasteiger partial charge in [-0.1, -0.05) is 76.6 Å². The fraction of sp³-hybridized carbons (Fsp3) is 0.565. The van der Waals surface area contributed by atoms with Gasteiger partial charge in [-0.05, 0) is 67.6 Å². The Bertz CT molecular complexity index is 568. The van der Waals surface area contributed by atoms with Crippen molar-refractivity contribution in [1.29, 1.82) is 0 Å². The van der Waals surface area contributed by atoms with Crippen LogP contribution in [0.1, 0.15) is 84.9 Å². The van der Waals surface area contributed by atoms with Crippen LogP contribution in [0.2, 0.25) is 0 Å². The van der Waals surface area contributed by atoms with Crippen LogP contribution in [0.5, 0.6) is 0 Å². The van der Waals surface area contributed by atoms with E-state index in [2.05, 4.69) is 71.9 Å². The van der Waals surface area contributed by atoms with Gasteiger partial charge in [0.2, 0.25) is 0 Å². The van der Waals surface area contributed by atoms with Crippen LogP contribution in [0.3, 0.4) is 0 Å². The van der Waals surface area contributed by atoms with Crippen molar-refractivity contribution in [2.24, 2.45) is 0 Å². The Morgan fingerprint density at radius 3 is 2.00 bits per heavy atom. The molecule has 0 saturated carbocycles. The Morgan fingerprint density at radius 2 is 1.57 bits per heavy atom. The molecule has 0 unspecified atom stereocenters. The van der Waals surface area contributed by atoms with Gasteiger partial charge in [0, 0.05) is 0 Å². The molecule has 0 heterocycles. The predicted molar refractivity (Wildman–Crippen MR) is 105 cm³/mol. The van der Waals surface area contributed by atoms with Crippen molar-refractivity contribution in [2.45, 2.75) is 85.5 Å². The van der Waals surface area contributed by atoms with Crippen LogP contribution in [0.15, 0.2) is 42.0 Å². The Labute approximate surface area is 144 Å². The summed E-state index contributed by atoms with van der Waals surface area (Å²) in [5, 5.41) is 0. The zero-order chi connectivity index (χ0) is 17.7. The van der Waals surface area contributed by atoms with E-state index in [1.165, 1.54) is 24.0 Å². The third-order valence-corrected chi connectivity index (χ3v) is 5.21. The molecular weight excluding hydrogens is 276 g/mol. The minimum absolute atomic E-state index is 0.357. The molecule has 0 bridgehead atoms. The molecule has 0 spiro atoms. The lowest BCUT2D eigenvalue weighted by Crippen LogP contribution is -2.33. The van der Waals surface area contributed by atoms with Crippen molar-refractivity contribution in [1.82, 2.24) is 0 Å². The van der Waals surface area contributed by atoms with Crippen LogP contribution in [-0.2, 0) is 17.3 Å². The van der Waals surface area contributed by atoms with E-state index < -0.39 is 0 Å². The zero-order valence-corrected chi connectivity index (χ0v) is 16.6. The Kier molecular flexibility index (Phi) is 6.86. The summed E-state index contributed by atoms with van der Waals surface area (Å²) in [5.41, 5.74) is 6.67. The summed E-state index contributed by atoms with van der Waals surface area (Å²) in [6.45, 7) is 17.9. The monoisotopic (exact) mass is 312 g/mol. The van der Waals surface area contributed by atoms with Gasteiger partial charge in [-0.25, -0.2) is 0 Å². The molecule has 0 fully saturated rings. The SMILES string of the molecule is C/C=C(C)\C=C\C.CCc1ccc2c(c1)C(C)(C)CCC2(C)C. The quantitative estimate of drug-likeness (QED) is 0.510. The van der Waals surface area contributed by atoms with Gasteiger partial charge in [0.1, 0.15) is 0 Å². The summed E-state index contributed by atoms with van der Waals surface area (Å²) in [7, 11) is 0. The van der Waals surface area contributed by atoms with E-state index in [1.54, 1.807) is 11.1 Å². The van der Waals surface area contributed by atoms with Crippen molar-refractivity contribution in [3.05, 3.63) is 58.7 Å². The highest BCUT2D eigenvalue weighted by Gasteiger charge is 2.36. The number of allylic oxidation sites excluding steroid dienone is 4. The molecule has 2 rings (SSSR count). The highest BCUT2D eigenvalue weighted by atomic mass is 14.4. The second-order valence-electron chi connectivity index (χ2n) is 8.03. The van der Waals surface area contributed by atoms with Gasteiger partial charge in [0.15, 0.2) is 0 Å². The molecule has 0 atom stereocenters. The molecule has 0 aromatic heterocycles. The third-order valence-electron chi connectivity index (χ3n) is 5.21. The molecule has 1 aliphatic carbocycles. The van der Waals surface area contributed by atoms with Crippen molar-refractivity contribution >= 4 is 0 Å². The molecule has 0 amide bonds. The number of hydrogen-bond donors (Lipinski definition) is 0. The minimum Gasteiger partial charge on any atom is -0.0874 e. The maximum Gasteiger partial charge on any atom is -0.0100 e. The van der Waals surface area contributed by atoms with Gasteiger partial charge in [-0.15, -0.1) is 0 Å². The Hall–Kier alpha value is -1.30. The van der Waals surface area contributed by atoms with Gasteiger partial charge < -0.3 is 0 Å². The second kappa shape index (κ2) is 7.99.